The summed E-state index contributed by atoms with van der Waals surface area (Å²) < 4.78 is 0. The first-order valence-electron chi connectivity index (χ1n) is 6.94. The van der Waals surface area contributed by atoms with Crippen molar-refractivity contribution < 1.29 is 0 Å². The minimum atomic E-state index is 0.766. The molecule has 0 spiro atoms. The van der Waals surface area contributed by atoms with Crippen LogP contribution in [0.5, 0.6) is 0 Å². The molecule has 0 saturated carbocycles. The Balaban J connectivity index is 1.74. The lowest BCUT2D eigenvalue weighted by atomic mass is 10.1. The van der Waals surface area contributed by atoms with Gasteiger partial charge in [0.1, 0.15) is 0 Å². The zero-order valence-corrected chi connectivity index (χ0v) is 12.6. The first-order chi connectivity index (χ1) is 10.2. The molecule has 1 aromatic heterocycles. The summed E-state index contributed by atoms with van der Waals surface area (Å²) in [6, 6.07) is 16.1. The van der Waals surface area contributed by atoms with E-state index in [4.69, 9.17) is 11.6 Å². The Hall–Kier alpha value is -2.13. The molecule has 2 aromatic carbocycles. The highest BCUT2D eigenvalue weighted by molar-refractivity contribution is 6.30. The minimum absolute atomic E-state index is 0.766. The Morgan fingerprint density at radius 2 is 1.67 bits per heavy atom. The molecule has 1 N–H and O–H groups in total. The van der Waals surface area contributed by atoms with Gasteiger partial charge in [0.2, 0.25) is 0 Å². The van der Waals surface area contributed by atoms with E-state index in [0.29, 0.717) is 0 Å². The van der Waals surface area contributed by atoms with Crippen LogP contribution in [0.4, 0.5) is 5.82 Å². The Morgan fingerprint density at radius 3 is 2.43 bits per heavy atom. The molecule has 3 rings (SSSR count). The summed E-state index contributed by atoms with van der Waals surface area (Å²) in [5, 5.41) is 14.9. The van der Waals surface area contributed by atoms with Gasteiger partial charge in [0.05, 0.1) is 5.69 Å². The molecule has 0 aliphatic carbocycles. The van der Waals surface area contributed by atoms with Crippen LogP contribution in [0, 0.1) is 6.92 Å². The molecule has 0 unspecified atom stereocenters. The Bertz CT molecular complexity index is 754. The predicted octanol–water partition coefficient (Wildman–Crippen LogP) is 4.25. The molecule has 3 nitrogen and oxygen atoms in total. The van der Waals surface area contributed by atoms with Crippen LogP contribution in [0.3, 0.4) is 0 Å². The number of aryl methyl sites for hydroxylation is 1. The van der Waals surface area contributed by atoms with E-state index in [1.54, 1.807) is 0 Å². The van der Waals surface area contributed by atoms with Crippen molar-refractivity contribution >= 4 is 28.2 Å². The first-order valence-corrected chi connectivity index (χ1v) is 7.32. The summed E-state index contributed by atoms with van der Waals surface area (Å²) in [5.41, 5.74) is 2.20. The number of rotatable bonds is 4. The van der Waals surface area contributed by atoms with Crippen LogP contribution < -0.4 is 5.32 Å². The molecule has 0 aliphatic rings. The van der Waals surface area contributed by atoms with Crippen molar-refractivity contribution in [3.8, 4) is 0 Å². The summed E-state index contributed by atoms with van der Waals surface area (Å²) in [6.07, 6.45) is 0.918. The fourth-order valence-corrected chi connectivity index (χ4v) is 2.47. The van der Waals surface area contributed by atoms with Crippen molar-refractivity contribution in [2.24, 2.45) is 0 Å². The summed E-state index contributed by atoms with van der Waals surface area (Å²) in [7, 11) is 0. The van der Waals surface area contributed by atoms with Crippen molar-refractivity contribution in [1.29, 1.82) is 0 Å². The Morgan fingerprint density at radius 1 is 0.952 bits per heavy atom. The predicted molar refractivity (Wildman–Crippen MR) is 87.9 cm³/mol. The Labute approximate surface area is 129 Å². The van der Waals surface area contributed by atoms with Crippen LogP contribution in [0.1, 0.15) is 11.3 Å². The maximum Gasteiger partial charge on any atom is 0.156 e. The van der Waals surface area contributed by atoms with E-state index < -0.39 is 0 Å². The van der Waals surface area contributed by atoms with E-state index in [0.717, 1.165) is 40.3 Å². The highest BCUT2D eigenvalue weighted by atomic mass is 35.5. The Kier molecular flexibility index (Phi) is 4.02. The lowest BCUT2D eigenvalue weighted by Gasteiger charge is -2.09. The fourth-order valence-electron chi connectivity index (χ4n) is 2.34. The van der Waals surface area contributed by atoms with E-state index in [9.17, 15) is 0 Å². The summed E-state index contributed by atoms with van der Waals surface area (Å²) in [5.74, 6) is 0.838. The smallest absolute Gasteiger partial charge is 0.156 e. The number of hydrogen-bond donors (Lipinski definition) is 1. The second kappa shape index (κ2) is 6.10. The number of benzene rings is 2. The summed E-state index contributed by atoms with van der Waals surface area (Å²) in [6.45, 7) is 2.79. The van der Waals surface area contributed by atoms with E-state index in [1.807, 2.05) is 43.3 Å². The van der Waals surface area contributed by atoms with Crippen molar-refractivity contribution in [1.82, 2.24) is 10.2 Å². The molecule has 106 valence electrons. The highest BCUT2D eigenvalue weighted by Gasteiger charge is 2.05. The van der Waals surface area contributed by atoms with Gasteiger partial charge in [-0.1, -0.05) is 48.0 Å². The lowest BCUT2D eigenvalue weighted by Crippen LogP contribution is -2.08. The average Bonchev–Trinajstić information content (AvgIpc) is 2.52. The number of hydrogen-bond acceptors (Lipinski definition) is 3. The summed E-state index contributed by atoms with van der Waals surface area (Å²) in [4.78, 5) is 0. The molecule has 0 atom stereocenters. The average molecular weight is 298 g/mol. The van der Waals surface area contributed by atoms with Crippen molar-refractivity contribution in [2.75, 3.05) is 11.9 Å². The zero-order chi connectivity index (χ0) is 14.7. The number of nitrogens with zero attached hydrogens (tertiary/aromatic N) is 2. The van der Waals surface area contributed by atoms with E-state index in [2.05, 4.69) is 27.6 Å². The molecule has 4 heteroatoms. The highest BCUT2D eigenvalue weighted by Crippen LogP contribution is 2.22. The number of anilines is 1. The van der Waals surface area contributed by atoms with E-state index in [-0.39, 0.29) is 0 Å². The van der Waals surface area contributed by atoms with Gasteiger partial charge < -0.3 is 5.32 Å². The molecule has 0 radical (unpaired) electrons. The van der Waals surface area contributed by atoms with Crippen LogP contribution in [0.15, 0.2) is 48.5 Å². The maximum absolute atomic E-state index is 5.89. The van der Waals surface area contributed by atoms with E-state index in [1.165, 1.54) is 5.56 Å². The van der Waals surface area contributed by atoms with Crippen molar-refractivity contribution in [3.63, 3.8) is 0 Å². The molecule has 0 amide bonds. The normalized spacial score (nSPS) is 10.8. The molecule has 0 fully saturated rings. The molecular formula is C17H16ClN3. The van der Waals surface area contributed by atoms with E-state index >= 15 is 0 Å². The van der Waals surface area contributed by atoms with Crippen molar-refractivity contribution in [3.05, 3.63) is 64.8 Å². The van der Waals surface area contributed by atoms with Gasteiger partial charge in [0, 0.05) is 22.3 Å². The molecule has 1 heterocycles. The largest absolute Gasteiger partial charge is 0.368 e. The lowest BCUT2D eigenvalue weighted by molar-refractivity contribution is 0.959. The third kappa shape index (κ3) is 3.14. The van der Waals surface area contributed by atoms with Crippen LogP contribution in [-0.4, -0.2) is 16.7 Å². The zero-order valence-electron chi connectivity index (χ0n) is 11.8. The quantitative estimate of drug-likeness (QED) is 0.782. The molecular weight excluding hydrogens is 282 g/mol. The molecule has 0 bridgehead atoms. The topological polar surface area (TPSA) is 37.8 Å². The number of aromatic nitrogens is 2. The van der Waals surface area contributed by atoms with Gasteiger partial charge in [-0.15, -0.1) is 5.10 Å². The van der Waals surface area contributed by atoms with Crippen molar-refractivity contribution in [2.45, 2.75) is 13.3 Å². The monoisotopic (exact) mass is 297 g/mol. The maximum atomic E-state index is 5.89. The van der Waals surface area contributed by atoms with Crippen LogP contribution in [0.25, 0.3) is 10.8 Å². The standard InChI is InChI=1S/C17H16ClN3/c1-12-15-4-2-3-5-16(15)17(21-20-12)19-11-10-13-6-8-14(18)9-7-13/h2-9H,10-11H2,1H3,(H,19,21). The SMILES string of the molecule is Cc1nnc(NCCc2ccc(Cl)cc2)c2ccccc12. The molecule has 0 aliphatic heterocycles. The second-order valence-corrected chi connectivity index (χ2v) is 5.42. The van der Waals surface area contributed by atoms with Gasteiger partial charge in [-0.05, 0) is 31.0 Å². The van der Waals surface area contributed by atoms with Gasteiger partial charge in [-0.2, -0.15) is 5.10 Å². The molecule has 3 aromatic rings. The van der Waals surface area contributed by atoms with Gasteiger partial charge in [0.15, 0.2) is 5.82 Å². The van der Waals surface area contributed by atoms with Crippen LogP contribution in [-0.2, 0) is 6.42 Å². The number of fused-ring (bicyclic) bond motifs is 1. The third-order valence-electron chi connectivity index (χ3n) is 3.49. The first kappa shape index (κ1) is 13.8. The van der Waals surface area contributed by atoms with Gasteiger partial charge in [-0.25, -0.2) is 0 Å². The third-order valence-corrected chi connectivity index (χ3v) is 3.74. The molecule has 21 heavy (non-hydrogen) atoms. The van der Waals surface area contributed by atoms with Crippen LogP contribution >= 0.6 is 11.6 Å². The van der Waals surface area contributed by atoms with Crippen LogP contribution in [0.2, 0.25) is 5.02 Å². The van der Waals surface area contributed by atoms with Gasteiger partial charge in [-0.3, -0.25) is 0 Å². The number of halogens is 1. The van der Waals surface area contributed by atoms with Gasteiger partial charge >= 0.3 is 0 Å². The minimum Gasteiger partial charge on any atom is -0.368 e. The van der Waals surface area contributed by atoms with Gasteiger partial charge in [0.25, 0.3) is 0 Å². The fraction of sp³-hybridized carbons (Fsp3) is 0.176. The summed E-state index contributed by atoms with van der Waals surface area (Å²) >= 11 is 5.89. The second-order valence-electron chi connectivity index (χ2n) is 4.98. The molecule has 0 saturated heterocycles. The number of nitrogens with one attached hydrogen (secondary N) is 1.